The normalized spacial score (nSPS) is 30.0. The fraction of sp³-hybridized carbons (Fsp3) is 0.351. The van der Waals surface area contributed by atoms with E-state index in [0.717, 1.165) is 16.3 Å². The van der Waals surface area contributed by atoms with Gasteiger partial charge >= 0.3 is 5.97 Å². The number of carbonyl (C=O) groups excluding carboxylic acids is 4. The molecule has 4 aliphatic rings. The van der Waals surface area contributed by atoms with Gasteiger partial charge in [0.15, 0.2) is 0 Å². The van der Waals surface area contributed by atoms with Crippen LogP contribution in [0.15, 0.2) is 97.1 Å². The highest BCUT2D eigenvalue weighted by Gasteiger charge is 2.71. The molecule has 0 aliphatic carbocycles. The molecule has 242 valence electrons. The molecule has 4 heterocycles. The van der Waals surface area contributed by atoms with Gasteiger partial charge in [0.25, 0.3) is 5.91 Å². The first-order valence-corrected chi connectivity index (χ1v) is 16.2. The van der Waals surface area contributed by atoms with Gasteiger partial charge in [-0.05, 0) is 41.3 Å². The number of fused-ring (bicyclic) bond motifs is 3. The number of cyclic esters (lactones) is 1. The second-order valence-corrected chi connectivity index (χ2v) is 12.5. The van der Waals surface area contributed by atoms with E-state index in [1.807, 2.05) is 78.9 Å². The number of carbonyl (C=O) groups is 4. The second kappa shape index (κ2) is 12.8. The molecular formula is C37H37N3O7. The Morgan fingerprint density at radius 3 is 2.51 bits per heavy atom. The van der Waals surface area contributed by atoms with Crippen molar-refractivity contribution in [1.29, 1.82) is 0 Å². The molecule has 10 nitrogen and oxygen atoms in total. The number of esters is 1. The maximum Gasteiger partial charge on any atom is 0.306 e. The summed E-state index contributed by atoms with van der Waals surface area (Å²) in [4.78, 5) is 59.1. The van der Waals surface area contributed by atoms with Crippen LogP contribution in [-0.4, -0.2) is 77.7 Å². The Kier molecular flexibility index (Phi) is 8.38. The summed E-state index contributed by atoms with van der Waals surface area (Å²) in [7, 11) is 0. The lowest BCUT2D eigenvalue weighted by Crippen LogP contribution is -2.55. The van der Waals surface area contributed by atoms with Gasteiger partial charge in [-0.3, -0.25) is 19.2 Å². The zero-order valence-electron chi connectivity index (χ0n) is 25.9. The Balaban J connectivity index is 1.29. The molecule has 2 fully saturated rings. The molecule has 2 N–H and O–H groups in total. The smallest absolute Gasteiger partial charge is 0.306 e. The van der Waals surface area contributed by atoms with Crippen molar-refractivity contribution >= 4 is 40.2 Å². The molecule has 0 bridgehead atoms. The van der Waals surface area contributed by atoms with Crippen molar-refractivity contribution in [2.75, 3.05) is 31.2 Å². The third-order valence-corrected chi connectivity index (χ3v) is 9.67. The van der Waals surface area contributed by atoms with Gasteiger partial charge in [-0.2, -0.15) is 0 Å². The number of hydrogen-bond acceptors (Lipinski definition) is 7. The molecule has 6 atom stereocenters. The van der Waals surface area contributed by atoms with Crippen LogP contribution in [0.5, 0.6) is 0 Å². The number of anilines is 1. The fourth-order valence-corrected chi connectivity index (χ4v) is 7.50. The van der Waals surface area contributed by atoms with Crippen molar-refractivity contribution in [3.05, 3.63) is 103 Å². The molecule has 0 radical (unpaired) electrons. The summed E-state index contributed by atoms with van der Waals surface area (Å²) in [5, 5.41) is 14.8. The molecule has 47 heavy (non-hydrogen) atoms. The Bertz CT molecular complexity index is 1760. The van der Waals surface area contributed by atoms with Crippen molar-refractivity contribution in [2.24, 2.45) is 11.8 Å². The molecule has 10 heteroatoms. The lowest BCUT2D eigenvalue weighted by atomic mass is 9.77. The van der Waals surface area contributed by atoms with Crippen LogP contribution in [0.2, 0.25) is 0 Å². The molecule has 4 aliphatic heterocycles. The quantitative estimate of drug-likeness (QED) is 0.325. The predicted octanol–water partition coefficient (Wildman–Crippen LogP) is 3.46. The van der Waals surface area contributed by atoms with Gasteiger partial charge in [0.05, 0.1) is 24.0 Å². The summed E-state index contributed by atoms with van der Waals surface area (Å²) in [6, 6.07) is 21.2. The highest BCUT2D eigenvalue weighted by molar-refractivity contribution is 6.06. The number of aliphatic hydroxyl groups excluding tert-OH is 1. The van der Waals surface area contributed by atoms with Crippen LogP contribution in [-0.2, 0) is 28.7 Å². The standard InChI is InChI=1S/C37H37N3O7/c41-21-9-20-40-33-36(45)39(27-17-16-24-10-4-5-13-26(24)22-27)19-8-18-37(33)32(35(40)44)31-29(47-37)14-6-7-15-30(42)46-23-28(38-34(31)43)25-11-2-1-3-12-25/h1-6,8,10-14,16-18,22,28-29,31-33,41H,7,9,15,19-21,23H2,(H,38,43)/b14-6-/t28-,29+,31-,32-,33+,37-/m1/s1. The zero-order valence-corrected chi connectivity index (χ0v) is 25.9. The lowest BCUT2D eigenvalue weighted by molar-refractivity contribution is -0.146. The van der Waals surface area contributed by atoms with Gasteiger partial charge in [-0.25, -0.2) is 0 Å². The topological polar surface area (TPSA) is 125 Å². The highest BCUT2D eigenvalue weighted by Crippen LogP contribution is 2.53. The number of aliphatic hydroxyl groups is 1. The van der Waals surface area contributed by atoms with E-state index in [-0.39, 0.29) is 56.9 Å². The SMILES string of the molecule is O=C1CC/C=C\[C@@H]2O[C@@]34C=CCN(c5ccc6ccccc6c5)C(=O)[C@@H]3N(CCCO)C(=O)[C@H]4[C@@H]2C(=O)N[C@@H](c2ccccc2)CO1. The number of amides is 3. The average molecular weight is 636 g/mol. The number of likely N-dealkylation sites (tertiary alicyclic amines) is 1. The van der Waals surface area contributed by atoms with E-state index in [2.05, 4.69) is 5.32 Å². The third-order valence-electron chi connectivity index (χ3n) is 9.67. The van der Waals surface area contributed by atoms with Crippen molar-refractivity contribution < 1.29 is 33.8 Å². The van der Waals surface area contributed by atoms with Gasteiger partial charge < -0.3 is 29.7 Å². The minimum atomic E-state index is -1.43. The number of nitrogens with one attached hydrogen (secondary N) is 1. The molecule has 3 amide bonds. The number of benzene rings is 3. The summed E-state index contributed by atoms with van der Waals surface area (Å²) in [5.74, 6) is -3.47. The van der Waals surface area contributed by atoms with Gasteiger partial charge in [0.1, 0.15) is 18.2 Å². The van der Waals surface area contributed by atoms with Crippen LogP contribution >= 0.6 is 0 Å². The van der Waals surface area contributed by atoms with Crippen molar-refractivity contribution in [2.45, 2.75) is 43.1 Å². The molecule has 2 saturated heterocycles. The van der Waals surface area contributed by atoms with Crippen LogP contribution in [0, 0.1) is 11.8 Å². The Labute approximate surface area is 272 Å². The van der Waals surface area contributed by atoms with Crippen LogP contribution in [0.4, 0.5) is 5.69 Å². The zero-order chi connectivity index (χ0) is 32.5. The van der Waals surface area contributed by atoms with Gasteiger partial charge in [0.2, 0.25) is 11.8 Å². The predicted molar refractivity (Wildman–Crippen MR) is 174 cm³/mol. The van der Waals surface area contributed by atoms with Crippen molar-refractivity contribution in [1.82, 2.24) is 10.2 Å². The van der Waals surface area contributed by atoms with E-state index in [9.17, 15) is 24.3 Å². The maximum atomic E-state index is 14.7. The Morgan fingerprint density at radius 1 is 0.915 bits per heavy atom. The van der Waals surface area contributed by atoms with Crippen LogP contribution < -0.4 is 10.2 Å². The van der Waals surface area contributed by atoms with Gasteiger partial charge in [-0.1, -0.05) is 85.0 Å². The van der Waals surface area contributed by atoms with Crippen LogP contribution in [0.3, 0.4) is 0 Å². The molecular weight excluding hydrogens is 598 g/mol. The van der Waals surface area contributed by atoms with Gasteiger partial charge in [0, 0.05) is 31.8 Å². The summed E-state index contributed by atoms with van der Waals surface area (Å²) >= 11 is 0. The highest BCUT2D eigenvalue weighted by atomic mass is 16.5. The van der Waals surface area contributed by atoms with E-state index >= 15 is 0 Å². The third kappa shape index (κ3) is 5.51. The molecule has 0 saturated carbocycles. The molecule has 0 aromatic heterocycles. The number of nitrogens with zero attached hydrogens (tertiary/aromatic N) is 2. The number of rotatable bonds is 5. The first-order chi connectivity index (χ1) is 22.9. The Hall–Kier alpha value is -4.80. The molecule has 1 spiro atoms. The fourth-order valence-electron chi connectivity index (χ4n) is 7.50. The minimum Gasteiger partial charge on any atom is -0.463 e. The van der Waals surface area contributed by atoms with Crippen molar-refractivity contribution in [3.63, 3.8) is 0 Å². The summed E-state index contributed by atoms with van der Waals surface area (Å²) in [6.07, 6.45) is 7.09. The first kappa shape index (κ1) is 30.8. The molecule has 3 aromatic carbocycles. The molecule has 3 aromatic rings. The summed E-state index contributed by atoms with van der Waals surface area (Å²) in [5.41, 5.74) is 0.00847. The Morgan fingerprint density at radius 2 is 1.70 bits per heavy atom. The molecule has 0 unspecified atom stereocenters. The minimum absolute atomic E-state index is 0.0648. The van der Waals surface area contributed by atoms with E-state index in [4.69, 9.17) is 9.47 Å². The summed E-state index contributed by atoms with van der Waals surface area (Å²) in [6.45, 7) is 0.148. The summed E-state index contributed by atoms with van der Waals surface area (Å²) < 4.78 is 12.3. The monoisotopic (exact) mass is 635 g/mol. The number of ether oxygens (including phenoxy) is 2. The van der Waals surface area contributed by atoms with E-state index in [1.165, 1.54) is 4.90 Å². The average Bonchev–Trinajstić information content (AvgIpc) is 3.47. The maximum absolute atomic E-state index is 14.7. The van der Waals surface area contributed by atoms with E-state index in [1.54, 1.807) is 23.1 Å². The van der Waals surface area contributed by atoms with E-state index in [0.29, 0.717) is 12.1 Å². The second-order valence-electron chi connectivity index (χ2n) is 12.5. The molecule has 7 rings (SSSR count). The van der Waals surface area contributed by atoms with Crippen molar-refractivity contribution in [3.8, 4) is 0 Å². The van der Waals surface area contributed by atoms with Crippen LogP contribution in [0.1, 0.15) is 30.9 Å². The van der Waals surface area contributed by atoms with Gasteiger partial charge in [-0.15, -0.1) is 0 Å². The van der Waals surface area contributed by atoms with Crippen LogP contribution in [0.25, 0.3) is 10.8 Å². The first-order valence-electron chi connectivity index (χ1n) is 16.2. The largest absolute Gasteiger partial charge is 0.463 e. The number of allylic oxidation sites excluding steroid dienone is 1. The lowest BCUT2D eigenvalue weighted by Gasteiger charge is -2.35. The number of hydrogen-bond donors (Lipinski definition) is 2. The van der Waals surface area contributed by atoms with E-state index < -0.39 is 41.5 Å².